The number of carbonyl (C=O) groups is 1. The van der Waals surface area contributed by atoms with E-state index >= 15 is 0 Å². The zero-order chi connectivity index (χ0) is 19.4. The maximum atomic E-state index is 12.9. The third-order valence-electron chi connectivity index (χ3n) is 4.56. The minimum absolute atomic E-state index is 0.0711. The molecule has 7 nitrogen and oxygen atoms in total. The number of anilines is 1. The number of esters is 1. The molecule has 0 spiro atoms. The first-order chi connectivity index (χ1) is 13.1. The van der Waals surface area contributed by atoms with Crippen LogP contribution in [0.2, 0.25) is 5.02 Å². The maximum Gasteiger partial charge on any atom is 0.340 e. The minimum atomic E-state index is -0.546. The number of piperidine rings is 1. The first-order valence-electron chi connectivity index (χ1n) is 8.89. The van der Waals surface area contributed by atoms with Gasteiger partial charge in [-0.15, -0.1) is 0 Å². The Labute approximate surface area is 162 Å². The van der Waals surface area contributed by atoms with E-state index in [-0.39, 0.29) is 16.7 Å². The zero-order valence-corrected chi connectivity index (χ0v) is 16.1. The van der Waals surface area contributed by atoms with Crippen LogP contribution in [0.3, 0.4) is 0 Å². The molecule has 144 valence electrons. The summed E-state index contributed by atoms with van der Waals surface area (Å²) < 4.78 is 11.6. The number of hydrogen-bond donors (Lipinski definition) is 0. The summed E-state index contributed by atoms with van der Waals surface area (Å²) in [6, 6.07) is 6.62. The van der Waals surface area contributed by atoms with Gasteiger partial charge in [-0.25, -0.2) is 4.79 Å². The normalized spacial score (nSPS) is 17.0. The summed E-state index contributed by atoms with van der Waals surface area (Å²) in [7, 11) is 1.29. The number of halogens is 1. The quantitative estimate of drug-likeness (QED) is 0.729. The molecule has 0 aliphatic carbocycles. The summed E-state index contributed by atoms with van der Waals surface area (Å²) >= 11 is 6.40. The van der Waals surface area contributed by atoms with E-state index in [2.05, 4.69) is 5.10 Å². The molecule has 1 unspecified atom stereocenters. The Morgan fingerprint density at radius 2 is 2.11 bits per heavy atom. The van der Waals surface area contributed by atoms with Crippen molar-refractivity contribution < 1.29 is 14.3 Å². The molecule has 2 aromatic rings. The fourth-order valence-electron chi connectivity index (χ4n) is 3.29. The van der Waals surface area contributed by atoms with E-state index in [4.69, 9.17) is 21.1 Å². The summed E-state index contributed by atoms with van der Waals surface area (Å²) in [5.74, 6) is -0.546. The Balaban J connectivity index is 1.98. The van der Waals surface area contributed by atoms with Crippen molar-refractivity contribution in [3.05, 3.63) is 51.4 Å². The summed E-state index contributed by atoms with van der Waals surface area (Å²) in [5, 5.41) is 4.33. The molecule has 1 aromatic heterocycles. The molecule has 1 fully saturated rings. The first-order valence-corrected chi connectivity index (χ1v) is 9.26. The van der Waals surface area contributed by atoms with Gasteiger partial charge in [0.1, 0.15) is 5.02 Å². The molecule has 0 radical (unpaired) electrons. The van der Waals surface area contributed by atoms with Gasteiger partial charge in [0.25, 0.3) is 5.56 Å². The number of hydrogen-bond acceptors (Lipinski definition) is 6. The summed E-state index contributed by atoms with van der Waals surface area (Å²) in [5.41, 5.74) is 0.670. The largest absolute Gasteiger partial charge is 0.465 e. The van der Waals surface area contributed by atoms with Crippen molar-refractivity contribution in [2.75, 3.05) is 31.7 Å². The number of benzene rings is 1. The average molecular weight is 392 g/mol. The predicted molar refractivity (Wildman–Crippen MR) is 103 cm³/mol. The van der Waals surface area contributed by atoms with Crippen LogP contribution in [0.5, 0.6) is 0 Å². The Kier molecular flexibility index (Phi) is 6.13. The van der Waals surface area contributed by atoms with Gasteiger partial charge in [0, 0.05) is 19.7 Å². The molecule has 0 amide bonds. The number of nitrogens with zero attached hydrogens (tertiary/aromatic N) is 3. The van der Waals surface area contributed by atoms with Crippen LogP contribution in [0.25, 0.3) is 5.69 Å². The van der Waals surface area contributed by atoms with Crippen molar-refractivity contribution in [1.29, 1.82) is 0 Å². The molecule has 1 aromatic carbocycles. The van der Waals surface area contributed by atoms with Crippen molar-refractivity contribution in [2.45, 2.75) is 25.9 Å². The van der Waals surface area contributed by atoms with Crippen LogP contribution in [-0.2, 0) is 9.47 Å². The monoisotopic (exact) mass is 391 g/mol. The van der Waals surface area contributed by atoms with Gasteiger partial charge in [-0.2, -0.15) is 9.78 Å². The Hall–Kier alpha value is -2.38. The van der Waals surface area contributed by atoms with Gasteiger partial charge in [-0.1, -0.05) is 23.7 Å². The van der Waals surface area contributed by atoms with Crippen molar-refractivity contribution in [3.63, 3.8) is 0 Å². The predicted octanol–water partition coefficient (Wildman–Crippen LogP) is 2.68. The van der Waals surface area contributed by atoms with Crippen molar-refractivity contribution >= 4 is 23.3 Å². The number of rotatable bonds is 5. The van der Waals surface area contributed by atoms with Crippen LogP contribution in [0, 0.1) is 0 Å². The fraction of sp³-hybridized carbons (Fsp3) is 0.421. The smallest absolute Gasteiger partial charge is 0.340 e. The molecule has 3 rings (SSSR count). The zero-order valence-electron chi connectivity index (χ0n) is 15.4. The van der Waals surface area contributed by atoms with Crippen LogP contribution in [0.15, 0.2) is 35.3 Å². The molecule has 0 N–H and O–H groups in total. The lowest BCUT2D eigenvalue weighted by Gasteiger charge is -2.34. The van der Waals surface area contributed by atoms with Crippen LogP contribution in [0.4, 0.5) is 5.69 Å². The van der Waals surface area contributed by atoms with Crippen LogP contribution in [-0.4, -0.2) is 48.7 Å². The molecule has 1 aliphatic rings. The highest BCUT2D eigenvalue weighted by molar-refractivity contribution is 6.33. The fourth-order valence-corrected chi connectivity index (χ4v) is 3.53. The minimum Gasteiger partial charge on any atom is -0.465 e. The molecule has 0 bridgehead atoms. The molecule has 0 saturated carbocycles. The Morgan fingerprint density at radius 3 is 2.85 bits per heavy atom. The number of carbonyl (C=O) groups excluding carboxylic acids is 1. The summed E-state index contributed by atoms with van der Waals surface area (Å²) in [4.78, 5) is 26.9. The lowest BCUT2D eigenvalue weighted by atomic mass is 10.1. The van der Waals surface area contributed by atoms with Crippen molar-refractivity contribution in [2.24, 2.45) is 0 Å². The third kappa shape index (κ3) is 3.99. The second-order valence-corrected chi connectivity index (χ2v) is 6.61. The SMILES string of the molecule is CCOC1CCCN(c2cnn(-c3ccccc3C(=O)OC)c(=O)c2Cl)C1. The van der Waals surface area contributed by atoms with E-state index in [1.807, 2.05) is 11.8 Å². The van der Waals surface area contributed by atoms with Crippen molar-refractivity contribution in [1.82, 2.24) is 9.78 Å². The second-order valence-electron chi connectivity index (χ2n) is 6.24. The summed E-state index contributed by atoms with van der Waals surface area (Å²) in [6.07, 6.45) is 3.61. The molecule has 1 aliphatic heterocycles. The van der Waals surface area contributed by atoms with E-state index in [0.29, 0.717) is 24.5 Å². The van der Waals surface area contributed by atoms with E-state index in [1.165, 1.54) is 7.11 Å². The van der Waals surface area contributed by atoms with Crippen LogP contribution in [0.1, 0.15) is 30.1 Å². The number of para-hydroxylation sites is 1. The van der Waals surface area contributed by atoms with Gasteiger partial charge in [0.15, 0.2) is 0 Å². The lowest BCUT2D eigenvalue weighted by Crippen LogP contribution is -2.41. The van der Waals surface area contributed by atoms with E-state index in [1.54, 1.807) is 30.5 Å². The van der Waals surface area contributed by atoms with Gasteiger partial charge in [-0.05, 0) is 31.9 Å². The Bertz CT molecular complexity index is 881. The maximum absolute atomic E-state index is 12.9. The standard InChI is InChI=1S/C19H22ClN3O4/c1-3-27-13-7-6-10-22(12-13)16-11-21-23(18(24)17(16)20)15-9-5-4-8-14(15)19(25)26-2/h4-5,8-9,11,13H,3,6-7,10,12H2,1-2H3. The second kappa shape index (κ2) is 8.54. The third-order valence-corrected chi connectivity index (χ3v) is 4.91. The molecule has 8 heteroatoms. The number of methoxy groups -OCH3 is 1. The van der Waals surface area contributed by atoms with Gasteiger partial charge >= 0.3 is 5.97 Å². The molecule has 2 heterocycles. The molecular weight excluding hydrogens is 370 g/mol. The highest BCUT2D eigenvalue weighted by atomic mass is 35.5. The van der Waals surface area contributed by atoms with Crippen molar-refractivity contribution in [3.8, 4) is 5.69 Å². The molecular formula is C19H22ClN3O4. The van der Waals surface area contributed by atoms with E-state index < -0.39 is 11.5 Å². The summed E-state index contributed by atoms with van der Waals surface area (Å²) in [6.45, 7) is 4.06. The van der Waals surface area contributed by atoms with Gasteiger partial charge < -0.3 is 14.4 Å². The number of ether oxygens (including phenoxy) is 2. The number of aromatic nitrogens is 2. The van der Waals surface area contributed by atoms with Crippen LogP contribution >= 0.6 is 11.6 Å². The highest BCUT2D eigenvalue weighted by Gasteiger charge is 2.24. The topological polar surface area (TPSA) is 73.7 Å². The van der Waals surface area contributed by atoms with Gasteiger partial charge in [-0.3, -0.25) is 4.79 Å². The van der Waals surface area contributed by atoms with Gasteiger partial charge in [0.05, 0.1) is 36.3 Å². The molecule has 27 heavy (non-hydrogen) atoms. The first kappa shape index (κ1) is 19.4. The van der Waals surface area contributed by atoms with Crippen LogP contribution < -0.4 is 10.5 Å². The highest BCUT2D eigenvalue weighted by Crippen LogP contribution is 2.26. The Morgan fingerprint density at radius 1 is 1.33 bits per heavy atom. The van der Waals surface area contributed by atoms with E-state index in [0.717, 1.165) is 24.1 Å². The lowest BCUT2D eigenvalue weighted by molar-refractivity contribution is 0.0526. The van der Waals surface area contributed by atoms with E-state index in [9.17, 15) is 9.59 Å². The molecule has 1 saturated heterocycles. The molecule has 1 atom stereocenters. The van der Waals surface area contributed by atoms with Gasteiger partial charge in [0.2, 0.25) is 0 Å². The average Bonchev–Trinajstić information content (AvgIpc) is 2.70.